The van der Waals surface area contributed by atoms with Crippen LogP contribution in [0.25, 0.3) is 0 Å². The van der Waals surface area contributed by atoms with Crippen LogP contribution in [-0.4, -0.2) is 33.0 Å². The second kappa shape index (κ2) is 7.59. The predicted molar refractivity (Wildman–Crippen MR) is 94.2 cm³/mol. The molecular weight excluding hydrogens is 348 g/mol. The second-order valence-electron chi connectivity index (χ2n) is 5.01. The summed E-state index contributed by atoms with van der Waals surface area (Å²) in [6.45, 7) is 1.59. The van der Waals surface area contributed by atoms with Gasteiger partial charge in [0.05, 0.1) is 22.6 Å². The van der Waals surface area contributed by atoms with Gasteiger partial charge in [-0.1, -0.05) is 19.1 Å². The van der Waals surface area contributed by atoms with E-state index in [2.05, 4.69) is 10.6 Å². The van der Waals surface area contributed by atoms with Gasteiger partial charge in [0.1, 0.15) is 5.00 Å². The fourth-order valence-electron chi connectivity index (χ4n) is 2.06. The Kier molecular flexibility index (Phi) is 5.74. The zero-order valence-corrected chi connectivity index (χ0v) is 15.0. The first-order valence-electron chi connectivity index (χ1n) is 7.28. The van der Waals surface area contributed by atoms with E-state index in [0.717, 1.165) is 0 Å². The van der Waals surface area contributed by atoms with Crippen molar-refractivity contribution in [3.05, 3.63) is 46.8 Å². The van der Waals surface area contributed by atoms with Crippen molar-refractivity contribution in [2.45, 2.75) is 18.2 Å². The van der Waals surface area contributed by atoms with Gasteiger partial charge in [0.2, 0.25) is 5.91 Å². The van der Waals surface area contributed by atoms with Crippen molar-refractivity contribution in [3.8, 4) is 0 Å². The van der Waals surface area contributed by atoms with Gasteiger partial charge in [-0.3, -0.25) is 9.59 Å². The van der Waals surface area contributed by atoms with E-state index in [0.29, 0.717) is 16.1 Å². The molecule has 8 heteroatoms. The molecule has 1 aromatic carbocycles. The highest BCUT2D eigenvalue weighted by Crippen LogP contribution is 2.23. The SMILES string of the molecule is CCS(=O)(=O)c1ccc(CC(=O)Nc2sccc2C(=O)NC)cc1. The molecule has 128 valence electrons. The molecule has 1 aromatic heterocycles. The van der Waals surface area contributed by atoms with Gasteiger partial charge in [-0.15, -0.1) is 11.3 Å². The Morgan fingerprint density at radius 3 is 2.38 bits per heavy atom. The molecule has 0 unspecified atom stereocenters. The van der Waals surface area contributed by atoms with E-state index in [4.69, 9.17) is 0 Å². The number of hydrogen-bond acceptors (Lipinski definition) is 5. The zero-order chi connectivity index (χ0) is 17.7. The average Bonchev–Trinajstić information content (AvgIpc) is 3.02. The molecule has 0 aliphatic rings. The van der Waals surface area contributed by atoms with Crippen molar-refractivity contribution in [2.75, 3.05) is 18.1 Å². The van der Waals surface area contributed by atoms with Crippen LogP contribution in [-0.2, 0) is 21.1 Å². The molecule has 2 amide bonds. The van der Waals surface area contributed by atoms with Crippen LogP contribution in [0.2, 0.25) is 0 Å². The van der Waals surface area contributed by atoms with E-state index < -0.39 is 9.84 Å². The maximum absolute atomic E-state index is 12.1. The van der Waals surface area contributed by atoms with Crippen LogP contribution in [0.3, 0.4) is 0 Å². The minimum absolute atomic E-state index is 0.0352. The number of amides is 2. The number of carbonyl (C=O) groups is 2. The normalized spacial score (nSPS) is 11.1. The lowest BCUT2D eigenvalue weighted by Gasteiger charge is -2.07. The number of rotatable bonds is 6. The first-order valence-corrected chi connectivity index (χ1v) is 9.81. The minimum Gasteiger partial charge on any atom is -0.355 e. The average molecular weight is 366 g/mol. The second-order valence-corrected chi connectivity index (χ2v) is 8.21. The van der Waals surface area contributed by atoms with E-state index in [1.807, 2.05) is 0 Å². The number of thiophene rings is 1. The van der Waals surface area contributed by atoms with Gasteiger partial charge >= 0.3 is 0 Å². The smallest absolute Gasteiger partial charge is 0.254 e. The number of anilines is 1. The number of hydrogen-bond donors (Lipinski definition) is 2. The van der Waals surface area contributed by atoms with Crippen molar-refractivity contribution >= 4 is 38.0 Å². The van der Waals surface area contributed by atoms with Crippen LogP contribution >= 0.6 is 11.3 Å². The Bertz CT molecular complexity index is 839. The highest BCUT2D eigenvalue weighted by molar-refractivity contribution is 7.91. The van der Waals surface area contributed by atoms with Crippen LogP contribution in [0.1, 0.15) is 22.8 Å². The highest BCUT2D eigenvalue weighted by atomic mass is 32.2. The first-order chi connectivity index (χ1) is 11.4. The van der Waals surface area contributed by atoms with Gasteiger partial charge in [-0.2, -0.15) is 0 Å². The van der Waals surface area contributed by atoms with Gasteiger partial charge in [-0.05, 0) is 29.1 Å². The van der Waals surface area contributed by atoms with Crippen molar-refractivity contribution < 1.29 is 18.0 Å². The van der Waals surface area contributed by atoms with Crippen LogP contribution in [0.4, 0.5) is 5.00 Å². The number of benzene rings is 1. The van der Waals surface area contributed by atoms with Gasteiger partial charge in [-0.25, -0.2) is 8.42 Å². The molecule has 24 heavy (non-hydrogen) atoms. The van der Waals surface area contributed by atoms with Gasteiger partial charge in [0, 0.05) is 7.05 Å². The third-order valence-corrected chi connectivity index (χ3v) is 6.00. The molecule has 1 heterocycles. The molecule has 2 aromatic rings. The lowest BCUT2D eigenvalue weighted by atomic mass is 10.1. The summed E-state index contributed by atoms with van der Waals surface area (Å²) in [5.41, 5.74) is 1.11. The maximum Gasteiger partial charge on any atom is 0.254 e. The maximum atomic E-state index is 12.1. The van der Waals surface area contributed by atoms with Crippen molar-refractivity contribution in [2.24, 2.45) is 0 Å². The number of carbonyl (C=O) groups excluding carboxylic acids is 2. The van der Waals surface area contributed by atoms with E-state index in [-0.39, 0.29) is 28.9 Å². The third kappa shape index (κ3) is 4.21. The Morgan fingerprint density at radius 1 is 1.12 bits per heavy atom. The van der Waals surface area contributed by atoms with Crippen molar-refractivity contribution in [1.29, 1.82) is 0 Å². The minimum atomic E-state index is -3.25. The Morgan fingerprint density at radius 2 is 1.79 bits per heavy atom. The molecule has 0 bridgehead atoms. The largest absolute Gasteiger partial charge is 0.355 e. The molecule has 0 aliphatic carbocycles. The molecule has 0 fully saturated rings. The van der Waals surface area contributed by atoms with E-state index in [1.54, 1.807) is 30.5 Å². The topological polar surface area (TPSA) is 92.3 Å². The standard InChI is InChI=1S/C16H18N2O4S2/c1-3-24(21,22)12-6-4-11(5-7-12)10-14(19)18-16-13(8-9-23-16)15(20)17-2/h4-9H,3,10H2,1-2H3,(H,17,20)(H,18,19). The van der Waals surface area contributed by atoms with Gasteiger partial charge < -0.3 is 10.6 Å². The zero-order valence-electron chi connectivity index (χ0n) is 13.3. The fourth-order valence-corrected chi connectivity index (χ4v) is 3.74. The molecule has 2 N–H and O–H groups in total. The monoisotopic (exact) mass is 366 g/mol. The van der Waals surface area contributed by atoms with Crippen LogP contribution in [0.15, 0.2) is 40.6 Å². The van der Waals surface area contributed by atoms with Crippen LogP contribution < -0.4 is 10.6 Å². The van der Waals surface area contributed by atoms with Gasteiger partial charge in [0.15, 0.2) is 9.84 Å². The molecular formula is C16H18N2O4S2. The van der Waals surface area contributed by atoms with E-state index in [9.17, 15) is 18.0 Å². The Balaban J connectivity index is 2.06. The number of sulfone groups is 1. The summed E-state index contributed by atoms with van der Waals surface area (Å²) in [7, 11) is -1.72. The molecule has 2 rings (SSSR count). The molecule has 0 saturated heterocycles. The summed E-state index contributed by atoms with van der Waals surface area (Å²) < 4.78 is 23.5. The van der Waals surface area contributed by atoms with Gasteiger partial charge in [0.25, 0.3) is 5.91 Å². The lowest BCUT2D eigenvalue weighted by molar-refractivity contribution is -0.115. The van der Waals surface area contributed by atoms with Crippen molar-refractivity contribution in [3.63, 3.8) is 0 Å². The number of nitrogens with one attached hydrogen (secondary N) is 2. The predicted octanol–water partition coefficient (Wildman–Crippen LogP) is 2.08. The highest BCUT2D eigenvalue weighted by Gasteiger charge is 2.15. The Labute approximate surface area is 144 Å². The lowest BCUT2D eigenvalue weighted by Crippen LogP contribution is -2.20. The first kappa shape index (κ1) is 18.2. The summed E-state index contributed by atoms with van der Waals surface area (Å²) in [6, 6.07) is 7.89. The summed E-state index contributed by atoms with van der Waals surface area (Å²) >= 11 is 1.27. The van der Waals surface area contributed by atoms with Crippen LogP contribution in [0.5, 0.6) is 0 Å². The summed E-state index contributed by atoms with van der Waals surface area (Å²) in [4.78, 5) is 24.1. The molecule has 6 nitrogen and oxygen atoms in total. The molecule has 0 spiro atoms. The summed E-state index contributed by atoms with van der Waals surface area (Å²) in [6.07, 6.45) is 0.0948. The van der Waals surface area contributed by atoms with E-state index in [1.165, 1.54) is 30.5 Å². The third-order valence-electron chi connectivity index (χ3n) is 3.42. The molecule has 0 radical (unpaired) electrons. The van der Waals surface area contributed by atoms with Crippen molar-refractivity contribution in [1.82, 2.24) is 5.32 Å². The quantitative estimate of drug-likeness (QED) is 0.819. The van der Waals surface area contributed by atoms with Crippen LogP contribution in [0, 0.1) is 0 Å². The summed E-state index contributed by atoms with van der Waals surface area (Å²) in [5.74, 6) is -0.498. The fraction of sp³-hybridized carbons (Fsp3) is 0.250. The summed E-state index contributed by atoms with van der Waals surface area (Å²) in [5, 5.41) is 7.44. The van der Waals surface area contributed by atoms with E-state index >= 15 is 0 Å². The molecule has 0 atom stereocenters. The molecule has 0 aliphatic heterocycles. The molecule has 0 saturated carbocycles. The Hall–Kier alpha value is -2.19.